The lowest BCUT2D eigenvalue weighted by molar-refractivity contribution is -0.118. The summed E-state index contributed by atoms with van der Waals surface area (Å²) in [6.07, 6.45) is 1.26. The number of Topliss-reactive ketones (excluding diaryl/α,β-unsaturated/α-hetero) is 1. The minimum Gasteiger partial charge on any atom is -0.484 e. The van der Waals surface area contributed by atoms with Crippen molar-refractivity contribution in [3.05, 3.63) is 54.1 Å². The maximum Gasteiger partial charge on any atom is 0.262 e. The summed E-state index contributed by atoms with van der Waals surface area (Å²) in [5.74, 6) is 0.605. The number of ketones is 1. The molecule has 2 aromatic rings. The molecule has 2 aromatic carbocycles. The van der Waals surface area contributed by atoms with E-state index in [2.05, 4.69) is 31.0 Å². The molecule has 0 atom stereocenters. The Morgan fingerprint density at radius 3 is 2.21 bits per heavy atom. The van der Waals surface area contributed by atoms with E-state index < -0.39 is 0 Å². The van der Waals surface area contributed by atoms with Gasteiger partial charge in [-0.2, -0.15) is 0 Å². The quantitative estimate of drug-likeness (QED) is 0.659. The first-order valence-electron chi connectivity index (χ1n) is 9.76. The lowest BCUT2D eigenvalue weighted by Crippen LogP contribution is -2.30. The summed E-state index contributed by atoms with van der Waals surface area (Å²) >= 11 is 0. The van der Waals surface area contributed by atoms with Gasteiger partial charge in [-0.15, -0.1) is 0 Å². The normalized spacial score (nSPS) is 10.6. The summed E-state index contributed by atoms with van der Waals surface area (Å²) in [6, 6.07) is 15.7. The fourth-order valence-corrected chi connectivity index (χ4v) is 3.00. The van der Waals surface area contributed by atoms with E-state index in [1.165, 1.54) is 0 Å². The lowest BCUT2D eigenvalue weighted by atomic mass is 10.1. The van der Waals surface area contributed by atoms with Gasteiger partial charge in [-0.05, 0) is 76.1 Å². The second-order valence-corrected chi connectivity index (χ2v) is 7.11. The van der Waals surface area contributed by atoms with Crippen LogP contribution in [0.25, 0.3) is 0 Å². The highest BCUT2D eigenvalue weighted by atomic mass is 16.5. The van der Waals surface area contributed by atoms with Crippen LogP contribution in [0.1, 0.15) is 39.7 Å². The van der Waals surface area contributed by atoms with Gasteiger partial charge < -0.3 is 19.7 Å². The Balaban J connectivity index is 1.83. The van der Waals surface area contributed by atoms with E-state index in [0.29, 0.717) is 18.2 Å². The molecule has 0 aliphatic carbocycles. The third kappa shape index (κ3) is 6.72. The number of hydrogen-bond acceptors (Lipinski definition) is 4. The van der Waals surface area contributed by atoms with E-state index in [-0.39, 0.29) is 18.3 Å². The number of rotatable bonds is 10. The van der Waals surface area contributed by atoms with Crippen molar-refractivity contribution < 1.29 is 14.3 Å². The highest BCUT2D eigenvalue weighted by Gasteiger charge is 2.09. The molecule has 150 valence electrons. The van der Waals surface area contributed by atoms with Crippen molar-refractivity contribution >= 4 is 23.1 Å². The fraction of sp³-hybridized carbons (Fsp3) is 0.391. The van der Waals surface area contributed by atoms with E-state index in [9.17, 15) is 9.59 Å². The molecule has 2 rings (SSSR count). The Kier molecular flexibility index (Phi) is 8.05. The summed E-state index contributed by atoms with van der Waals surface area (Å²) in [6.45, 7) is 8.92. The standard InChI is InChI=1S/C23H30N2O3/c1-5-25(17(2)3)21-12-10-20(11-13-21)24-23(27)16-28-22-14-8-19(9-15-22)7-6-18(4)26/h8-15,17H,5-7,16H2,1-4H3,(H,24,27). The summed E-state index contributed by atoms with van der Waals surface area (Å²) in [7, 11) is 0. The summed E-state index contributed by atoms with van der Waals surface area (Å²) < 4.78 is 5.54. The van der Waals surface area contributed by atoms with E-state index in [4.69, 9.17) is 4.74 Å². The monoisotopic (exact) mass is 382 g/mol. The Morgan fingerprint density at radius 2 is 1.68 bits per heavy atom. The average molecular weight is 383 g/mol. The van der Waals surface area contributed by atoms with Crippen molar-refractivity contribution in [2.45, 2.75) is 46.6 Å². The summed E-state index contributed by atoms with van der Waals surface area (Å²) in [4.78, 5) is 25.5. The molecule has 0 aliphatic heterocycles. The van der Waals surface area contributed by atoms with E-state index in [1.54, 1.807) is 6.92 Å². The molecular weight excluding hydrogens is 352 g/mol. The van der Waals surface area contributed by atoms with Crippen molar-refractivity contribution in [1.29, 1.82) is 0 Å². The van der Waals surface area contributed by atoms with Crippen molar-refractivity contribution in [3.8, 4) is 5.75 Å². The number of nitrogens with zero attached hydrogens (tertiary/aromatic N) is 1. The summed E-state index contributed by atoms with van der Waals surface area (Å²) in [5.41, 5.74) is 2.96. The second kappa shape index (κ2) is 10.5. The molecule has 5 heteroatoms. The zero-order chi connectivity index (χ0) is 20.5. The maximum atomic E-state index is 12.1. The molecule has 0 radical (unpaired) electrons. The Morgan fingerprint density at radius 1 is 1.04 bits per heavy atom. The molecule has 0 saturated carbocycles. The minimum atomic E-state index is -0.204. The van der Waals surface area contributed by atoms with E-state index in [0.717, 1.165) is 29.9 Å². The van der Waals surface area contributed by atoms with Crippen LogP contribution in [-0.2, 0) is 16.0 Å². The third-order valence-electron chi connectivity index (χ3n) is 4.51. The number of hydrogen-bond donors (Lipinski definition) is 1. The van der Waals surface area contributed by atoms with Gasteiger partial charge in [-0.25, -0.2) is 0 Å². The third-order valence-corrected chi connectivity index (χ3v) is 4.51. The number of carbonyl (C=O) groups is 2. The van der Waals surface area contributed by atoms with Crippen LogP contribution in [0.15, 0.2) is 48.5 Å². The molecule has 0 aliphatic rings. The predicted molar refractivity (Wildman–Crippen MR) is 114 cm³/mol. The molecule has 1 amide bonds. The van der Waals surface area contributed by atoms with Crippen LogP contribution in [0.4, 0.5) is 11.4 Å². The van der Waals surface area contributed by atoms with Crippen LogP contribution >= 0.6 is 0 Å². The number of amides is 1. The second-order valence-electron chi connectivity index (χ2n) is 7.11. The molecule has 0 unspecified atom stereocenters. The molecule has 1 N–H and O–H groups in total. The number of nitrogens with one attached hydrogen (secondary N) is 1. The maximum absolute atomic E-state index is 12.1. The van der Waals surface area contributed by atoms with Gasteiger partial charge in [0.05, 0.1) is 0 Å². The molecule has 0 fully saturated rings. The molecule has 0 saturated heterocycles. The Bertz CT molecular complexity index is 767. The smallest absolute Gasteiger partial charge is 0.262 e. The highest BCUT2D eigenvalue weighted by Crippen LogP contribution is 2.20. The number of carbonyl (C=O) groups excluding carboxylic acids is 2. The zero-order valence-electron chi connectivity index (χ0n) is 17.2. The number of aryl methyl sites for hydroxylation is 1. The van der Waals surface area contributed by atoms with Gasteiger partial charge >= 0.3 is 0 Å². The predicted octanol–water partition coefficient (Wildman–Crippen LogP) is 4.46. The molecule has 5 nitrogen and oxygen atoms in total. The number of ether oxygens (including phenoxy) is 1. The molecule has 0 spiro atoms. The van der Waals surface area contributed by atoms with Crippen molar-refractivity contribution in [1.82, 2.24) is 0 Å². The first kappa shape index (κ1) is 21.5. The van der Waals surface area contributed by atoms with Crippen LogP contribution < -0.4 is 15.0 Å². The fourth-order valence-electron chi connectivity index (χ4n) is 3.00. The first-order chi connectivity index (χ1) is 13.4. The van der Waals surface area contributed by atoms with Gasteiger partial charge in [0.1, 0.15) is 11.5 Å². The average Bonchev–Trinajstić information content (AvgIpc) is 2.67. The lowest BCUT2D eigenvalue weighted by Gasteiger charge is -2.27. The Hall–Kier alpha value is -2.82. The van der Waals surface area contributed by atoms with E-state index >= 15 is 0 Å². The molecule has 28 heavy (non-hydrogen) atoms. The minimum absolute atomic E-state index is 0.0539. The summed E-state index contributed by atoms with van der Waals surface area (Å²) in [5, 5.41) is 2.85. The van der Waals surface area contributed by atoms with Crippen molar-refractivity contribution in [3.63, 3.8) is 0 Å². The molecular formula is C23H30N2O3. The van der Waals surface area contributed by atoms with Crippen LogP contribution in [-0.4, -0.2) is 30.9 Å². The largest absolute Gasteiger partial charge is 0.484 e. The van der Waals surface area contributed by atoms with Gasteiger partial charge in [0.25, 0.3) is 5.91 Å². The van der Waals surface area contributed by atoms with Gasteiger partial charge in [0.2, 0.25) is 0 Å². The number of benzene rings is 2. The van der Waals surface area contributed by atoms with E-state index in [1.807, 2.05) is 48.5 Å². The van der Waals surface area contributed by atoms with Crippen LogP contribution in [0, 0.1) is 0 Å². The van der Waals surface area contributed by atoms with Crippen molar-refractivity contribution in [2.24, 2.45) is 0 Å². The zero-order valence-corrected chi connectivity index (χ0v) is 17.2. The topological polar surface area (TPSA) is 58.6 Å². The van der Waals surface area contributed by atoms with Crippen molar-refractivity contribution in [2.75, 3.05) is 23.4 Å². The molecule has 0 heterocycles. The van der Waals surface area contributed by atoms with Gasteiger partial charge in [0.15, 0.2) is 6.61 Å². The van der Waals surface area contributed by atoms with Gasteiger partial charge in [0, 0.05) is 30.4 Å². The van der Waals surface area contributed by atoms with Crippen LogP contribution in [0.3, 0.4) is 0 Å². The van der Waals surface area contributed by atoms with Crippen LogP contribution in [0.2, 0.25) is 0 Å². The highest BCUT2D eigenvalue weighted by molar-refractivity contribution is 5.92. The number of anilines is 2. The van der Waals surface area contributed by atoms with Crippen LogP contribution in [0.5, 0.6) is 5.75 Å². The molecule has 0 bridgehead atoms. The molecule has 0 aromatic heterocycles. The SMILES string of the molecule is CCN(c1ccc(NC(=O)COc2ccc(CCC(C)=O)cc2)cc1)C(C)C. The van der Waals surface area contributed by atoms with Gasteiger partial charge in [-0.3, -0.25) is 4.79 Å². The first-order valence-corrected chi connectivity index (χ1v) is 9.76. The Labute approximate surface area is 167 Å². The van der Waals surface area contributed by atoms with Gasteiger partial charge in [-0.1, -0.05) is 12.1 Å².